The van der Waals surface area contributed by atoms with Crippen molar-refractivity contribution in [3.8, 4) is 16.3 Å². The van der Waals surface area contributed by atoms with E-state index in [0.717, 1.165) is 46.7 Å². The van der Waals surface area contributed by atoms with Gasteiger partial charge in [-0.2, -0.15) is 0 Å². The largest absolute Gasteiger partial charge is 0.496 e. The lowest BCUT2D eigenvalue weighted by Crippen LogP contribution is -2.42. The van der Waals surface area contributed by atoms with Crippen LogP contribution in [0, 0.1) is 6.92 Å². The van der Waals surface area contributed by atoms with E-state index in [0.29, 0.717) is 12.8 Å². The fraction of sp³-hybridized carbons (Fsp3) is 0.381. The predicted octanol–water partition coefficient (Wildman–Crippen LogP) is 3.40. The fourth-order valence-electron chi connectivity index (χ4n) is 3.66. The first-order valence-corrected chi connectivity index (χ1v) is 10.2. The second-order valence-electron chi connectivity index (χ2n) is 7.18. The van der Waals surface area contributed by atoms with Crippen LogP contribution >= 0.6 is 11.3 Å². The maximum atomic E-state index is 11.0. The summed E-state index contributed by atoms with van der Waals surface area (Å²) in [6.45, 7) is 4.43. The molecular weight excluding hydrogens is 372 g/mol. The smallest absolute Gasteiger partial charge is 0.151 e. The number of ether oxygens (including phenoxy) is 1. The van der Waals surface area contributed by atoms with Gasteiger partial charge in [-0.15, -0.1) is 10.2 Å². The van der Waals surface area contributed by atoms with Crippen LogP contribution in [0.2, 0.25) is 0 Å². The van der Waals surface area contributed by atoms with E-state index in [1.807, 2.05) is 31.2 Å². The van der Waals surface area contributed by atoms with Gasteiger partial charge in [-0.25, -0.2) is 0 Å². The average molecular weight is 397 g/mol. The monoisotopic (exact) mass is 396 g/mol. The first-order chi connectivity index (χ1) is 13.6. The molecule has 3 heterocycles. The first kappa shape index (κ1) is 19.0. The van der Waals surface area contributed by atoms with Crippen molar-refractivity contribution in [2.24, 2.45) is 0 Å². The van der Waals surface area contributed by atoms with Crippen LogP contribution in [0.25, 0.3) is 10.6 Å². The zero-order valence-electron chi connectivity index (χ0n) is 16.1. The Bertz CT molecular complexity index is 937. The van der Waals surface area contributed by atoms with Crippen LogP contribution in [0.5, 0.6) is 5.75 Å². The summed E-state index contributed by atoms with van der Waals surface area (Å²) in [5, 5.41) is 21.2. The van der Waals surface area contributed by atoms with Crippen LogP contribution < -0.4 is 4.74 Å². The van der Waals surface area contributed by atoms with Gasteiger partial charge in [0.05, 0.1) is 18.4 Å². The zero-order valence-corrected chi connectivity index (χ0v) is 16.9. The first-order valence-electron chi connectivity index (χ1n) is 9.41. The number of nitrogens with zero attached hydrogens (tertiary/aromatic N) is 4. The van der Waals surface area contributed by atoms with Crippen LogP contribution in [-0.4, -0.2) is 45.4 Å². The summed E-state index contributed by atoms with van der Waals surface area (Å²) in [5.74, 6) is 0.808. The summed E-state index contributed by atoms with van der Waals surface area (Å²) in [4.78, 5) is 6.72. The Morgan fingerprint density at radius 2 is 2.00 bits per heavy atom. The number of rotatable bonds is 5. The molecule has 1 aliphatic rings. The van der Waals surface area contributed by atoms with Gasteiger partial charge < -0.3 is 9.84 Å². The molecule has 0 unspecified atom stereocenters. The van der Waals surface area contributed by atoms with E-state index in [1.54, 1.807) is 24.6 Å². The summed E-state index contributed by atoms with van der Waals surface area (Å²) < 4.78 is 5.52. The average Bonchev–Trinajstić information content (AvgIpc) is 3.17. The number of aryl methyl sites for hydroxylation is 1. The standard InChI is InChI=1S/C21H24N4O2S/c1-15-23-24-20(28-15)17-13-16(6-7-18(17)27-2)14-25-11-8-21(26,9-12-25)19-5-3-4-10-22-19/h3-7,10,13,26H,8-9,11-12,14H2,1-2H3. The molecule has 1 N–H and O–H groups in total. The second-order valence-corrected chi connectivity index (χ2v) is 8.37. The molecule has 146 valence electrons. The van der Waals surface area contributed by atoms with E-state index in [9.17, 15) is 5.11 Å². The van der Waals surface area contributed by atoms with Gasteiger partial charge in [0.1, 0.15) is 16.4 Å². The third-order valence-electron chi connectivity index (χ3n) is 5.25. The molecule has 0 saturated carbocycles. The van der Waals surface area contributed by atoms with E-state index in [1.165, 1.54) is 5.56 Å². The Morgan fingerprint density at radius 3 is 2.64 bits per heavy atom. The maximum absolute atomic E-state index is 11.0. The quantitative estimate of drug-likeness (QED) is 0.713. The number of piperidine rings is 1. The van der Waals surface area contributed by atoms with Crippen LogP contribution in [0.4, 0.5) is 0 Å². The molecule has 2 aromatic heterocycles. The van der Waals surface area contributed by atoms with Crippen molar-refractivity contribution in [2.75, 3.05) is 20.2 Å². The number of methoxy groups -OCH3 is 1. The number of hydrogen-bond acceptors (Lipinski definition) is 7. The van der Waals surface area contributed by atoms with Crippen LogP contribution in [0.3, 0.4) is 0 Å². The minimum atomic E-state index is -0.826. The number of pyridine rings is 1. The van der Waals surface area contributed by atoms with Gasteiger partial charge in [-0.05, 0) is 49.6 Å². The molecule has 4 rings (SSSR count). The van der Waals surface area contributed by atoms with Gasteiger partial charge in [0, 0.05) is 25.8 Å². The molecule has 0 aliphatic carbocycles. The maximum Gasteiger partial charge on any atom is 0.151 e. The minimum Gasteiger partial charge on any atom is -0.496 e. The molecule has 0 spiro atoms. The topological polar surface area (TPSA) is 71.4 Å². The molecule has 7 heteroatoms. The number of aromatic nitrogens is 3. The summed E-state index contributed by atoms with van der Waals surface area (Å²) >= 11 is 1.57. The van der Waals surface area contributed by atoms with Crippen molar-refractivity contribution in [1.29, 1.82) is 0 Å². The van der Waals surface area contributed by atoms with Crippen LogP contribution in [0.15, 0.2) is 42.6 Å². The van der Waals surface area contributed by atoms with Gasteiger partial charge >= 0.3 is 0 Å². The lowest BCUT2D eigenvalue weighted by atomic mass is 9.87. The van der Waals surface area contributed by atoms with Crippen molar-refractivity contribution >= 4 is 11.3 Å². The van der Waals surface area contributed by atoms with E-state index < -0.39 is 5.60 Å². The zero-order chi connectivity index (χ0) is 19.6. The summed E-state index contributed by atoms with van der Waals surface area (Å²) in [6.07, 6.45) is 3.11. The third-order valence-corrected chi connectivity index (χ3v) is 6.12. The Morgan fingerprint density at radius 1 is 1.18 bits per heavy atom. The predicted molar refractivity (Wildman–Crippen MR) is 109 cm³/mol. The minimum absolute atomic E-state index is 0.683. The number of hydrogen-bond donors (Lipinski definition) is 1. The van der Waals surface area contributed by atoms with Crippen molar-refractivity contribution in [2.45, 2.75) is 31.9 Å². The highest BCUT2D eigenvalue weighted by Gasteiger charge is 2.35. The molecule has 1 aliphatic heterocycles. The van der Waals surface area contributed by atoms with Crippen LogP contribution in [-0.2, 0) is 12.1 Å². The highest BCUT2D eigenvalue weighted by atomic mass is 32.1. The Labute approximate surface area is 168 Å². The molecule has 1 saturated heterocycles. The van der Waals surface area contributed by atoms with Gasteiger partial charge in [0.2, 0.25) is 0 Å². The van der Waals surface area contributed by atoms with E-state index in [-0.39, 0.29) is 0 Å². The Kier molecular flexibility index (Phi) is 5.39. The number of likely N-dealkylation sites (tertiary alicyclic amines) is 1. The molecular formula is C21H24N4O2S. The summed E-state index contributed by atoms with van der Waals surface area (Å²) in [6, 6.07) is 11.9. The van der Waals surface area contributed by atoms with E-state index >= 15 is 0 Å². The molecule has 1 aromatic carbocycles. The second kappa shape index (κ2) is 7.95. The highest BCUT2D eigenvalue weighted by Crippen LogP contribution is 2.35. The molecule has 0 amide bonds. The van der Waals surface area contributed by atoms with Gasteiger partial charge in [-0.3, -0.25) is 9.88 Å². The lowest BCUT2D eigenvalue weighted by Gasteiger charge is -2.37. The molecule has 0 atom stereocenters. The Balaban J connectivity index is 1.47. The molecule has 3 aromatic rings. The van der Waals surface area contributed by atoms with Gasteiger partial charge in [-0.1, -0.05) is 23.5 Å². The molecule has 28 heavy (non-hydrogen) atoms. The fourth-order valence-corrected chi connectivity index (χ4v) is 4.37. The normalized spacial score (nSPS) is 16.8. The summed E-state index contributed by atoms with van der Waals surface area (Å²) in [5.41, 5.74) is 2.12. The highest BCUT2D eigenvalue weighted by molar-refractivity contribution is 7.14. The van der Waals surface area contributed by atoms with Crippen molar-refractivity contribution in [1.82, 2.24) is 20.1 Å². The Hall–Kier alpha value is -2.35. The molecule has 6 nitrogen and oxygen atoms in total. The van der Waals surface area contributed by atoms with Crippen LogP contribution in [0.1, 0.15) is 29.1 Å². The molecule has 0 radical (unpaired) electrons. The summed E-state index contributed by atoms with van der Waals surface area (Å²) in [7, 11) is 1.68. The van der Waals surface area contributed by atoms with Crippen molar-refractivity contribution in [3.05, 3.63) is 58.9 Å². The van der Waals surface area contributed by atoms with E-state index in [2.05, 4.69) is 32.2 Å². The van der Waals surface area contributed by atoms with E-state index in [4.69, 9.17) is 4.74 Å². The lowest BCUT2D eigenvalue weighted by molar-refractivity contribution is -0.0311. The van der Waals surface area contributed by atoms with Crippen molar-refractivity contribution < 1.29 is 9.84 Å². The van der Waals surface area contributed by atoms with Gasteiger partial charge in [0.15, 0.2) is 5.01 Å². The SMILES string of the molecule is COc1ccc(CN2CCC(O)(c3ccccn3)CC2)cc1-c1nnc(C)s1. The van der Waals surface area contributed by atoms with Gasteiger partial charge in [0.25, 0.3) is 0 Å². The molecule has 0 bridgehead atoms. The number of aliphatic hydroxyl groups is 1. The molecule has 1 fully saturated rings. The van der Waals surface area contributed by atoms with Crippen molar-refractivity contribution in [3.63, 3.8) is 0 Å². The third kappa shape index (κ3) is 3.92. The number of benzene rings is 1.